The number of alkyl halides is 2. The van der Waals surface area contributed by atoms with Crippen LogP contribution < -0.4 is 5.32 Å². The third-order valence-electron chi connectivity index (χ3n) is 2.99. The molecule has 2 aromatic carbocycles. The highest BCUT2D eigenvalue weighted by molar-refractivity contribution is 7.99. The Morgan fingerprint density at radius 3 is 2.50 bits per heavy atom. The third kappa shape index (κ3) is 3.28. The topological polar surface area (TPSA) is 42.2 Å². The first kappa shape index (κ1) is 14.6. The molecule has 0 aliphatic heterocycles. The molecule has 0 aliphatic carbocycles. The molecule has 3 aromatic rings. The third-order valence-corrected chi connectivity index (χ3v) is 3.71. The Labute approximate surface area is 129 Å². The molecule has 0 aliphatic rings. The van der Waals surface area contributed by atoms with E-state index in [0.29, 0.717) is 27.9 Å². The smallest absolute Gasteiger partial charge is 0.291 e. The van der Waals surface area contributed by atoms with Gasteiger partial charge in [-0.3, -0.25) is 4.79 Å². The van der Waals surface area contributed by atoms with Crippen molar-refractivity contribution in [2.75, 3.05) is 5.32 Å². The fourth-order valence-electron chi connectivity index (χ4n) is 2.01. The molecule has 3 nitrogen and oxygen atoms in total. The first-order valence-corrected chi connectivity index (χ1v) is 7.34. The Morgan fingerprint density at radius 1 is 1.09 bits per heavy atom. The first-order valence-electron chi connectivity index (χ1n) is 6.46. The molecule has 0 atom stereocenters. The highest BCUT2D eigenvalue weighted by Gasteiger charge is 2.12. The standard InChI is InChI=1S/C16H11F2NO2S/c17-16(18)22-12-7-5-11(6-8-12)19-15(20)14-9-10-3-1-2-4-13(10)21-14/h1-9,16H,(H,19,20). The molecule has 0 saturated heterocycles. The average molecular weight is 319 g/mol. The van der Waals surface area contributed by atoms with Crippen molar-refractivity contribution in [1.82, 2.24) is 0 Å². The van der Waals surface area contributed by atoms with Gasteiger partial charge in [0, 0.05) is 16.0 Å². The molecule has 1 N–H and O–H groups in total. The minimum atomic E-state index is -2.46. The van der Waals surface area contributed by atoms with Gasteiger partial charge in [-0.2, -0.15) is 8.78 Å². The summed E-state index contributed by atoms with van der Waals surface area (Å²) in [5, 5.41) is 3.51. The largest absolute Gasteiger partial charge is 0.451 e. The molecule has 0 unspecified atom stereocenters. The number of benzene rings is 2. The van der Waals surface area contributed by atoms with E-state index in [1.165, 1.54) is 12.1 Å². The number of amides is 1. The fourth-order valence-corrected chi connectivity index (χ4v) is 2.51. The van der Waals surface area contributed by atoms with E-state index in [-0.39, 0.29) is 11.7 Å². The number of anilines is 1. The molecular weight excluding hydrogens is 308 g/mol. The monoisotopic (exact) mass is 319 g/mol. The van der Waals surface area contributed by atoms with Crippen molar-refractivity contribution >= 4 is 34.3 Å². The van der Waals surface area contributed by atoms with Crippen LogP contribution in [0.15, 0.2) is 63.9 Å². The SMILES string of the molecule is O=C(Nc1ccc(SC(F)F)cc1)c1cc2ccccc2o1. The number of fused-ring (bicyclic) bond motifs is 1. The molecule has 0 fully saturated rings. The summed E-state index contributed by atoms with van der Waals surface area (Å²) in [4.78, 5) is 12.6. The maximum Gasteiger partial charge on any atom is 0.291 e. The van der Waals surface area contributed by atoms with Crippen LogP contribution in [-0.4, -0.2) is 11.7 Å². The number of rotatable bonds is 4. The molecule has 112 valence electrons. The second-order valence-electron chi connectivity index (χ2n) is 4.51. The summed E-state index contributed by atoms with van der Waals surface area (Å²) in [6, 6.07) is 15.2. The predicted molar refractivity (Wildman–Crippen MR) is 82.5 cm³/mol. The Morgan fingerprint density at radius 2 is 1.82 bits per heavy atom. The number of nitrogens with one attached hydrogen (secondary N) is 1. The first-order chi connectivity index (χ1) is 10.6. The van der Waals surface area contributed by atoms with Gasteiger partial charge in [0.15, 0.2) is 5.76 Å². The van der Waals surface area contributed by atoms with E-state index in [1.54, 1.807) is 24.3 Å². The average Bonchev–Trinajstić information content (AvgIpc) is 2.93. The van der Waals surface area contributed by atoms with Crippen LogP contribution in [-0.2, 0) is 0 Å². The number of halogens is 2. The van der Waals surface area contributed by atoms with E-state index in [4.69, 9.17) is 4.42 Å². The van der Waals surface area contributed by atoms with E-state index < -0.39 is 5.76 Å². The zero-order valence-corrected chi connectivity index (χ0v) is 12.1. The van der Waals surface area contributed by atoms with Crippen LogP contribution in [0.25, 0.3) is 11.0 Å². The van der Waals surface area contributed by atoms with Crippen molar-refractivity contribution in [3.63, 3.8) is 0 Å². The van der Waals surface area contributed by atoms with Gasteiger partial charge >= 0.3 is 0 Å². The summed E-state index contributed by atoms with van der Waals surface area (Å²) >= 11 is 0.461. The van der Waals surface area contributed by atoms with Gasteiger partial charge in [0.1, 0.15) is 5.58 Å². The van der Waals surface area contributed by atoms with Crippen LogP contribution in [0.4, 0.5) is 14.5 Å². The summed E-state index contributed by atoms with van der Waals surface area (Å²) in [5.41, 5.74) is 1.15. The molecule has 0 saturated carbocycles. The molecule has 6 heteroatoms. The molecule has 1 heterocycles. The van der Waals surface area contributed by atoms with Crippen molar-refractivity contribution < 1.29 is 18.0 Å². The van der Waals surface area contributed by atoms with Gasteiger partial charge in [0.25, 0.3) is 11.7 Å². The van der Waals surface area contributed by atoms with Crippen LogP contribution in [0.3, 0.4) is 0 Å². The number of thioether (sulfide) groups is 1. The Hall–Kier alpha value is -2.34. The van der Waals surface area contributed by atoms with E-state index in [1.807, 2.05) is 18.2 Å². The van der Waals surface area contributed by atoms with E-state index in [2.05, 4.69) is 5.32 Å². The van der Waals surface area contributed by atoms with Crippen molar-refractivity contribution in [3.05, 3.63) is 60.4 Å². The van der Waals surface area contributed by atoms with Crippen LogP contribution in [0.1, 0.15) is 10.6 Å². The van der Waals surface area contributed by atoms with Crippen LogP contribution in [0.5, 0.6) is 0 Å². The zero-order chi connectivity index (χ0) is 15.5. The molecular formula is C16H11F2NO2S. The fraction of sp³-hybridized carbons (Fsp3) is 0.0625. The lowest BCUT2D eigenvalue weighted by Gasteiger charge is -2.04. The van der Waals surface area contributed by atoms with Gasteiger partial charge in [-0.25, -0.2) is 0 Å². The lowest BCUT2D eigenvalue weighted by atomic mass is 10.2. The summed E-state index contributed by atoms with van der Waals surface area (Å²) < 4.78 is 29.9. The Kier molecular flexibility index (Phi) is 4.11. The second kappa shape index (κ2) is 6.19. The predicted octanol–water partition coefficient (Wildman–Crippen LogP) is 5.00. The Balaban J connectivity index is 1.73. The second-order valence-corrected chi connectivity index (χ2v) is 5.57. The number of hydrogen-bond donors (Lipinski definition) is 1. The van der Waals surface area contributed by atoms with Gasteiger partial charge in [-0.15, -0.1) is 0 Å². The summed E-state index contributed by atoms with van der Waals surface area (Å²) in [5.74, 6) is -2.64. The Bertz CT molecular complexity index is 766. The van der Waals surface area contributed by atoms with E-state index in [9.17, 15) is 13.6 Å². The quantitative estimate of drug-likeness (QED) is 0.688. The summed E-state index contributed by atoms with van der Waals surface area (Å²) in [6.07, 6.45) is 0. The molecule has 22 heavy (non-hydrogen) atoms. The van der Waals surface area contributed by atoms with Gasteiger partial charge in [-0.1, -0.05) is 30.0 Å². The molecule has 1 amide bonds. The van der Waals surface area contributed by atoms with Crippen molar-refractivity contribution in [2.45, 2.75) is 10.7 Å². The number of carbonyl (C=O) groups excluding carboxylic acids is 1. The minimum absolute atomic E-state index is 0.201. The van der Waals surface area contributed by atoms with Gasteiger partial charge < -0.3 is 9.73 Å². The molecule has 0 radical (unpaired) electrons. The lowest BCUT2D eigenvalue weighted by molar-refractivity contribution is 0.0998. The van der Waals surface area contributed by atoms with Crippen molar-refractivity contribution in [3.8, 4) is 0 Å². The van der Waals surface area contributed by atoms with Gasteiger partial charge in [-0.05, 0) is 36.4 Å². The lowest BCUT2D eigenvalue weighted by Crippen LogP contribution is -2.10. The summed E-state index contributed by atoms with van der Waals surface area (Å²) in [6.45, 7) is 0. The molecule has 0 bridgehead atoms. The zero-order valence-electron chi connectivity index (χ0n) is 11.3. The minimum Gasteiger partial charge on any atom is -0.451 e. The maximum absolute atomic E-state index is 12.2. The van der Waals surface area contributed by atoms with Crippen molar-refractivity contribution in [1.29, 1.82) is 0 Å². The van der Waals surface area contributed by atoms with Crippen LogP contribution >= 0.6 is 11.8 Å². The van der Waals surface area contributed by atoms with E-state index >= 15 is 0 Å². The number of hydrogen-bond acceptors (Lipinski definition) is 3. The molecule has 0 spiro atoms. The number of furan rings is 1. The number of carbonyl (C=O) groups is 1. The van der Waals surface area contributed by atoms with E-state index in [0.717, 1.165) is 5.39 Å². The maximum atomic E-state index is 12.2. The number of para-hydroxylation sites is 1. The van der Waals surface area contributed by atoms with Crippen molar-refractivity contribution in [2.24, 2.45) is 0 Å². The molecule has 1 aromatic heterocycles. The highest BCUT2D eigenvalue weighted by atomic mass is 32.2. The van der Waals surface area contributed by atoms with Gasteiger partial charge in [0.05, 0.1) is 0 Å². The highest BCUT2D eigenvalue weighted by Crippen LogP contribution is 2.26. The van der Waals surface area contributed by atoms with Crippen LogP contribution in [0.2, 0.25) is 0 Å². The molecule has 3 rings (SSSR count). The van der Waals surface area contributed by atoms with Crippen LogP contribution in [0, 0.1) is 0 Å². The normalized spacial score (nSPS) is 11.0. The van der Waals surface area contributed by atoms with Gasteiger partial charge in [0.2, 0.25) is 0 Å². The summed E-state index contributed by atoms with van der Waals surface area (Å²) in [7, 11) is 0.